The Balaban J connectivity index is 1.75. The first-order valence-electron chi connectivity index (χ1n) is 10.1. The average Bonchev–Trinajstić information content (AvgIpc) is 2.75. The number of halogens is 3. The zero-order valence-electron chi connectivity index (χ0n) is 18.2. The van der Waals surface area contributed by atoms with E-state index in [0.29, 0.717) is 25.9 Å². The first kappa shape index (κ1) is 22.8. The number of hydrogen-bond donors (Lipinski definition) is 0. The number of nitrogens with zero attached hydrogens (tertiary/aromatic N) is 4. The molecule has 0 radical (unpaired) electrons. The van der Waals surface area contributed by atoms with Gasteiger partial charge in [-0.2, -0.15) is 13.2 Å². The van der Waals surface area contributed by atoms with E-state index in [0.717, 1.165) is 28.6 Å². The number of alkyl halides is 3. The van der Waals surface area contributed by atoms with E-state index in [9.17, 15) is 18.0 Å². The minimum absolute atomic E-state index is 0.115. The summed E-state index contributed by atoms with van der Waals surface area (Å²) in [5.41, 5.74) is 1.74. The van der Waals surface area contributed by atoms with Gasteiger partial charge in [-0.3, -0.25) is 9.78 Å². The van der Waals surface area contributed by atoms with Gasteiger partial charge >= 0.3 is 6.18 Å². The standard InChI is InChI=1S/C22H27F3N4O2/c1-14-11-27-18(15(2)19(14)31-4)13-28(3)21(30)16-7-6-10-29(12-16)20-17(22(23,24)25)8-5-9-26-20/h5,8-9,11,16H,6-7,10,12-13H2,1-4H3. The minimum Gasteiger partial charge on any atom is -0.496 e. The van der Waals surface area contributed by atoms with Crippen LogP contribution in [0.5, 0.6) is 5.75 Å². The number of anilines is 1. The molecule has 6 nitrogen and oxygen atoms in total. The molecule has 3 heterocycles. The zero-order chi connectivity index (χ0) is 22.8. The maximum Gasteiger partial charge on any atom is 0.419 e. The molecule has 31 heavy (non-hydrogen) atoms. The normalized spacial score (nSPS) is 16.9. The summed E-state index contributed by atoms with van der Waals surface area (Å²) in [6, 6.07) is 2.30. The number of carbonyl (C=O) groups excluding carboxylic acids is 1. The van der Waals surface area contributed by atoms with Gasteiger partial charge in [0.2, 0.25) is 5.91 Å². The van der Waals surface area contributed by atoms with Crippen molar-refractivity contribution in [1.29, 1.82) is 0 Å². The third kappa shape index (κ3) is 4.91. The molecule has 1 saturated heterocycles. The third-order valence-corrected chi connectivity index (χ3v) is 5.68. The third-order valence-electron chi connectivity index (χ3n) is 5.68. The van der Waals surface area contributed by atoms with Crippen LogP contribution in [0.15, 0.2) is 24.5 Å². The smallest absolute Gasteiger partial charge is 0.419 e. The van der Waals surface area contributed by atoms with Gasteiger partial charge in [0.25, 0.3) is 0 Å². The maximum atomic E-state index is 13.4. The van der Waals surface area contributed by atoms with Crippen LogP contribution in [-0.4, -0.2) is 48.0 Å². The SMILES string of the molecule is COc1c(C)cnc(CN(C)C(=O)C2CCCN(c3ncccc3C(F)(F)F)C2)c1C. The summed E-state index contributed by atoms with van der Waals surface area (Å²) < 4.78 is 45.6. The predicted octanol–water partition coefficient (Wildman–Crippen LogP) is 4.00. The number of rotatable bonds is 5. The van der Waals surface area contributed by atoms with Gasteiger partial charge in [0.1, 0.15) is 11.6 Å². The van der Waals surface area contributed by atoms with E-state index in [-0.39, 0.29) is 18.3 Å². The number of piperidine rings is 1. The van der Waals surface area contributed by atoms with Crippen molar-refractivity contribution < 1.29 is 22.7 Å². The number of hydrogen-bond acceptors (Lipinski definition) is 5. The lowest BCUT2D eigenvalue weighted by Gasteiger charge is -2.35. The maximum absolute atomic E-state index is 13.4. The molecule has 0 N–H and O–H groups in total. The summed E-state index contributed by atoms with van der Waals surface area (Å²) in [5.74, 6) is 0.102. The van der Waals surface area contributed by atoms with Crippen LogP contribution < -0.4 is 9.64 Å². The van der Waals surface area contributed by atoms with Crippen molar-refractivity contribution in [3.05, 3.63) is 46.9 Å². The molecule has 0 spiro atoms. The van der Waals surface area contributed by atoms with Crippen molar-refractivity contribution in [3.8, 4) is 5.75 Å². The lowest BCUT2D eigenvalue weighted by Crippen LogP contribution is -2.44. The second-order valence-electron chi connectivity index (χ2n) is 7.90. The van der Waals surface area contributed by atoms with E-state index in [2.05, 4.69) is 9.97 Å². The molecule has 0 aliphatic carbocycles. The Morgan fingerprint density at radius 1 is 1.32 bits per heavy atom. The van der Waals surface area contributed by atoms with E-state index in [1.54, 1.807) is 30.2 Å². The van der Waals surface area contributed by atoms with Crippen molar-refractivity contribution in [2.24, 2.45) is 5.92 Å². The molecule has 1 aliphatic heterocycles. The fourth-order valence-electron chi connectivity index (χ4n) is 4.09. The highest BCUT2D eigenvalue weighted by atomic mass is 19.4. The van der Waals surface area contributed by atoms with Crippen molar-refractivity contribution in [1.82, 2.24) is 14.9 Å². The molecule has 0 saturated carbocycles. The lowest BCUT2D eigenvalue weighted by atomic mass is 9.96. The van der Waals surface area contributed by atoms with Gasteiger partial charge in [-0.05, 0) is 38.8 Å². The molecule has 0 bridgehead atoms. The van der Waals surface area contributed by atoms with Crippen LogP contribution >= 0.6 is 0 Å². The number of carbonyl (C=O) groups is 1. The van der Waals surface area contributed by atoms with Gasteiger partial charge < -0.3 is 14.5 Å². The Bertz CT molecular complexity index is 949. The van der Waals surface area contributed by atoms with Crippen LogP contribution in [0.2, 0.25) is 0 Å². The van der Waals surface area contributed by atoms with Gasteiger partial charge in [0, 0.05) is 43.7 Å². The lowest BCUT2D eigenvalue weighted by molar-refractivity contribution is -0.137. The molecule has 0 aromatic carbocycles. The number of amides is 1. The Labute approximate surface area is 180 Å². The molecule has 9 heteroatoms. The van der Waals surface area contributed by atoms with Crippen LogP contribution in [0.4, 0.5) is 19.0 Å². The van der Waals surface area contributed by atoms with E-state index in [4.69, 9.17) is 4.74 Å². The minimum atomic E-state index is -4.50. The number of ether oxygens (including phenoxy) is 1. The van der Waals surface area contributed by atoms with Crippen molar-refractivity contribution >= 4 is 11.7 Å². The van der Waals surface area contributed by atoms with Crippen LogP contribution in [0.3, 0.4) is 0 Å². The molecule has 3 rings (SSSR count). The molecule has 168 valence electrons. The Morgan fingerprint density at radius 2 is 2.06 bits per heavy atom. The fourth-order valence-corrected chi connectivity index (χ4v) is 4.09. The van der Waals surface area contributed by atoms with Crippen LogP contribution in [0, 0.1) is 19.8 Å². The number of pyridine rings is 2. The van der Waals surface area contributed by atoms with Gasteiger partial charge in [-0.25, -0.2) is 4.98 Å². The first-order valence-corrected chi connectivity index (χ1v) is 10.1. The summed E-state index contributed by atoms with van der Waals surface area (Å²) in [4.78, 5) is 24.7. The largest absolute Gasteiger partial charge is 0.496 e. The van der Waals surface area contributed by atoms with Gasteiger partial charge in [-0.1, -0.05) is 0 Å². The Kier molecular flexibility index (Phi) is 6.71. The molecule has 1 unspecified atom stereocenters. The summed E-state index contributed by atoms with van der Waals surface area (Å²) in [7, 11) is 3.29. The topological polar surface area (TPSA) is 58.6 Å². The Morgan fingerprint density at radius 3 is 2.74 bits per heavy atom. The van der Waals surface area contributed by atoms with E-state index in [1.807, 2.05) is 13.8 Å². The fraction of sp³-hybridized carbons (Fsp3) is 0.500. The highest BCUT2D eigenvalue weighted by Gasteiger charge is 2.37. The molecule has 1 aliphatic rings. The van der Waals surface area contributed by atoms with Gasteiger partial charge in [-0.15, -0.1) is 0 Å². The monoisotopic (exact) mass is 436 g/mol. The van der Waals surface area contributed by atoms with Crippen LogP contribution in [0.1, 0.15) is 35.2 Å². The summed E-state index contributed by atoms with van der Waals surface area (Å²) in [6.45, 7) is 4.74. The average molecular weight is 436 g/mol. The molecule has 2 aromatic rings. The summed E-state index contributed by atoms with van der Waals surface area (Å²) in [5, 5.41) is 0. The zero-order valence-corrected chi connectivity index (χ0v) is 18.2. The first-order chi connectivity index (χ1) is 14.6. The van der Waals surface area contributed by atoms with E-state index in [1.165, 1.54) is 12.3 Å². The summed E-state index contributed by atoms with van der Waals surface area (Å²) >= 11 is 0. The van der Waals surface area contributed by atoms with Crippen molar-refractivity contribution in [3.63, 3.8) is 0 Å². The highest BCUT2D eigenvalue weighted by molar-refractivity contribution is 5.79. The number of aromatic nitrogens is 2. The second kappa shape index (κ2) is 9.11. The van der Waals surface area contributed by atoms with Crippen molar-refractivity contribution in [2.75, 3.05) is 32.1 Å². The molecular formula is C22H27F3N4O2. The highest BCUT2D eigenvalue weighted by Crippen LogP contribution is 2.36. The van der Waals surface area contributed by atoms with Crippen molar-refractivity contribution in [2.45, 2.75) is 39.4 Å². The number of aryl methyl sites for hydroxylation is 1. The molecule has 1 amide bonds. The Hall–Kier alpha value is -2.84. The van der Waals surface area contributed by atoms with E-state index < -0.39 is 17.7 Å². The second-order valence-corrected chi connectivity index (χ2v) is 7.90. The molecular weight excluding hydrogens is 409 g/mol. The molecule has 1 atom stereocenters. The summed E-state index contributed by atoms with van der Waals surface area (Å²) in [6.07, 6.45) is -0.195. The van der Waals surface area contributed by atoms with Crippen LogP contribution in [0.25, 0.3) is 0 Å². The molecule has 2 aromatic heterocycles. The predicted molar refractivity (Wildman–Crippen MR) is 111 cm³/mol. The molecule has 1 fully saturated rings. The van der Waals surface area contributed by atoms with Crippen LogP contribution in [-0.2, 0) is 17.5 Å². The van der Waals surface area contributed by atoms with Gasteiger partial charge in [0.05, 0.1) is 30.8 Å². The van der Waals surface area contributed by atoms with E-state index >= 15 is 0 Å². The van der Waals surface area contributed by atoms with Gasteiger partial charge in [0.15, 0.2) is 0 Å². The quantitative estimate of drug-likeness (QED) is 0.709. The number of methoxy groups -OCH3 is 1.